The zero-order valence-corrected chi connectivity index (χ0v) is 20.0. The number of ether oxygens (including phenoxy) is 1. The second-order valence-electron chi connectivity index (χ2n) is 8.30. The van der Waals surface area contributed by atoms with E-state index >= 15 is 0 Å². The van der Waals surface area contributed by atoms with E-state index in [1.165, 1.54) is 22.0 Å². The number of hydrogen-bond donors (Lipinski definition) is 3. The van der Waals surface area contributed by atoms with Crippen LogP contribution in [0.3, 0.4) is 0 Å². The second-order valence-corrected chi connectivity index (χ2v) is 8.30. The van der Waals surface area contributed by atoms with Crippen LogP contribution < -0.4 is 21.5 Å². The monoisotopic (exact) mass is 480 g/mol. The topological polar surface area (TPSA) is 138 Å². The van der Waals surface area contributed by atoms with E-state index in [9.17, 15) is 9.59 Å². The molecule has 184 valence electrons. The fourth-order valence-corrected chi connectivity index (χ4v) is 3.87. The maximum Gasteiger partial charge on any atom is 0.308 e. The van der Waals surface area contributed by atoms with Gasteiger partial charge in [-0.15, -0.1) is 0 Å². The molecule has 1 amide bonds. The number of pyridine rings is 1. The van der Waals surface area contributed by atoms with Crippen molar-refractivity contribution >= 4 is 24.1 Å². The van der Waals surface area contributed by atoms with E-state index < -0.39 is 5.60 Å². The van der Waals surface area contributed by atoms with Gasteiger partial charge in [-0.2, -0.15) is 10.1 Å². The SMILES string of the molecule is C=NN1C(NC)=CC(Nc2cccn(-c3ncco3)c2=O)=N/C1=C(/C)C(=O)N[C@H]1CC[C@]1(C)OC. The molecule has 3 N–H and O–H groups in total. The highest BCUT2D eigenvalue weighted by molar-refractivity contribution is 6.06. The number of aliphatic imine (C=N–C) groups is 1. The molecule has 12 nitrogen and oxygen atoms in total. The highest BCUT2D eigenvalue weighted by Gasteiger charge is 2.44. The zero-order chi connectivity index (χ0) is 25.2. The van der Waals surface area contributed by atoms with Gasteiger partial charge in [0.15, 0.2) is 5.82 Å². The van der Waals surface area contributed by atoms with Crippen LogP contribution >= 0.6 is 0 Å². The standard InChI is InChI=1S/C23H28N8O4/c1-14(20(32)28-16-8-9-23(16,2)34-5)19-29-17(13-18(24-3)31(19)25-4)27-15-7-6-11-30(21(15)33)22-26-10-12-35-22/h6-7,10-13,16,24H,4,8-9H2,1-3,5H3,(H,27,29)(H,28,32)/b19-14+/t16-,23-/m0/s1. The number of nitrogens with one attached hydrogen (secondary N) is 3. The van der Waals surface area contributed by atoms with E-state index in [1.54, 1.807) is 45.5 Å². The molecule has 4 rings (SSSR count). The lowest BCUT2D eigenvalue weighted by Crippen LogP contribution is -2.59. The minimum absolute atomic E-state index is 0.108. The molecule has 0 bridgehead atoms. The van der Waals surface area contributed by atoms with E-state index in [0.717, 1.165) is 12.8 Å². The molecular weight excluding hydrogens is 452 g/mol. The van der Waals surface area contributed by atoms with Crippen LogP contribution in [0.2, 0.25) is 0 Å². The van der Waals surface area contributed by atoms with E-state index in [-0.39, 0.29) is 35.0 Å². The average Bonchev–Trinajstić information content (AvgIpc) is 3.40. The third-order valence-corrected chi connectivity index (χ3v) is 6.28. The Bertz CT molecular complexity index is 1270. The van der Waals surface area contributed by atoms with Crippen molar-refractivity contribution in [3.8, 4) is 6.01 Å². The highest BCUT2D eigenvalue weighted by Crippen LogP contribution is 2.35. The summed E-state index contributed by atoms with van der Waals surface area (Å²) in [6.07, 6.45) is 7.73. The molecular formula is C23H28N8O4. The number of nitrogens with zero attached hydrogens (tertiary/aromatic N) is 5. The molecule has 3 heterocycles. The number of hydrazone groups is 1. The summed E-state index contributed by atoms with van der Waals surface area (Å²) in [5, 5.41) is 14.5. The summed E-state index contributed by atoms with van der Waals surface area (Å²) in [4.78, 5) is 34.6. The van der Waals surface area contributed by atoms with Gasteiger partial charge < -0.3 is 25.1 Å². The first-order valence-electron chi connectivity index (χ1n) is 11.0. The van der Waals surface area contributed by atoms with Crippen molar-refractivity contribution in [3.05, 3.63) is 64.4 Å². The summed E-state index contributed by atoms with van der Waals surface area (Å²) in [5.41, 5.74) is -0.215. The van der Waals surface area contributed by atoms with Gasteiger partial charge in [-0.3, -0.25) is 9.59 Å². The number of hydrogen-bond acceptors (Lipinski definition) is 10. The van der Waals surface area contributed by atoms with Gasteiger partial charge in [-0.1, -0.05) is 0 Å². The maximum absolute atomic E-state index is 13.1. The summed E-state index contributed by atoms with van der Waals surface area (Å²) in [6.45, 7) is 7.23. The van der Waals surface area contributed by atoms with Gasteiger partial charge in [0, 0.05) is 33.1 Å². The Kier molecular flexibility index (Phi) is 6.56. The molecule has 0 radical (unpaired) electrons. The Morgan fingerprint density at radius 3 is 2.83 bits per heavy atom. The average molecular weight is 481 g/mol. The number of methoxy groups -OCH3 is 1. The van der Waals surface area contributed by atoms with Crippen molar-refractivity contribution in [2.75, 3.05) is 19.5 Å². The predicted octanol–water partition coefficient (Wildman–Crippen LogP) is 1.54. The molecule has 12 heteroatoms. The molecule has 1 aliphatic carbocycles. The molecule has 0 unspecified atom stereocenters. The molecule has 2 aromatic rings. The Balaban J connectivity index is 1.66. The Hall–Kier alpha value is -4.19. The first-order valence-corrected chi connectivity index (χ1v) is 11.0. The second kappa shape index (κ2) is 9.58. The molecule has 0 saturated heterocycles. The van der Waals surface area contributed by atoms with Crippen LogP contribution in [0.5, 0.6) is 0 Å². The van der Waals surface area contributed by atoms with Gasteiger partial charge in [0.2, 0.25) is 0 Å². The summed E-state index contributed by atoms with van der Waals surface area (Å²) in [6, 6.07) is 3.33. The molecule has 2 aromatic heterocycles. The number of carbonyl (C=O) groups excluding carboxylic acids is 1. The lowest BCUT2D eigenvalue weighted by Gasteiger charge is -2.46. The summed E-state index contributed by atoms with van der Waals surface area (Å²) in [7, 11) is 3.34. The number of carbonyl (C=O) groups is 1. The van der Waals surface area contributed by atoms with Gasteiger partial charge in [0.05, 0.1) is 23.4 Å². The third-order valence-electron chi connectivity index (χ3n) is 6.28. The quantitative estimate of drug-likeness (QED) is 0.401. The van der Waals surface area contributed by atoms with Crippen molar-refractivity contribution < 1.29 is 13.9 Å². The maximum atomic E-state index is 13.1. The van der Waals surface area contributed by atoms with Crippen molar-refractivity contribution in [1.82, 2.24) is 25.2 Å². The van der Waals surface area contributed by atoms with Crippen LogP contribution in [0.1, 0.15) is 26.7 Å². The van der Waals surface area contributed by atoms with Crippen LogP contribution in [0.25, 0.3) is 6.01 Å². The minimum Gasteiger partial charge on any atom is -0.432 e. The van der Waals surface area contributed by atoms with Crippen LogP contribution in [0, 0.1) is 0 Å². The van der Waals surface area contributed by atoms with E-state index in [0.29, 0.717) is 17.2 Å². The summed E-state index contributed by atoms with van der Waals surface area (Å²) < 4.78 is 12.1. The number of rotatable bonds is 7. The van der Waals surface area contributed by atoms with Crippen molar-refractivity contribution in [3.63, 3.8) is 0 Å². The lowest BCUT2D eigenvalue weighted by atomic mass is 9.76. The van der Waals surface area contributed by atoms with Crippen molar-refractivity contribution in [2.24, 2.45) is 10.1 Å². The highest BCUT2D eigenvalue weighted by atomic mass is 16.5. The molecule has 1 fully saturated rings. The molecule has 1 saturated carbocycles. The fraction of sp³-hybridized carbons (Fsp3) is 0.348. The van der Waals surface area contributed by atoms with Crippen LogP contribution in [0.4, 0.5) is 5.69 Å². The number of amides is 1. The predicted molar refractivity (Wildman–Crippen MR) is 131 cm³/mol. The molecule has 0 spiro atoms. The lowest BCUT2D eigenvalue weighted by molar-refractivity contribution is -0.127. The van der Waals surface area contributed by atoms with E-state index in [2.05, 4.69) is 37.7 Å². The summed E-state index contributed by atoms with van der Waals surface area (Å²) >= 11 is 0. The largest absolute Gasteiger partial charge is 0.432 e. The van der Waals surface area contributed by atoms with Gasteiger partial charge in [0.1, 0.15) is 23.6 Å². The first-order chi connectivity index (χ1) is 16.8. The Labute approximate surface area is 202 Å². The van der Waals surface area contributed by atoms with E-state index in [4.69, 9.17) is 9.15 Å². The van der Waals surface area contributed by atoms with Crippen LogP contribution in [0.15, 0.2) is 73.4 Å². The van der Waals surface area contributed by atoms with Crippen LogP contribution in [-0.2, 0) is 9.53 Å². The molecule has 0 aromatic carbocycles. The normalized spacial score (nSPS) is 23.0. The number of oxazole rings is 1. The zero-order valence-electron chi connectivity index (χ0n) is 20.0. The van der Waals surface area contributed by atoms with Gasteiger partial charge in [-0.05, 0) is 38.8 Å². The first kappa shape index (κ1) is 24.0. The van der Waals surface area contributed by atoms with Crippen LogP contribution in [-0.4, -0.2) is 58.8 Å². The molecule has 1 aliphatic heterocycles. The molecule has 2 atom stereocenters. The molecule has 35 heavy (non-hydrogen) atoms. The van der Waals surface area contributed by atoms with Crippen molar-refractivity contribution in [2.45, 2.75) is 38.3 Å². The number of anilines is 1. The Morgan fingerprint density at radius 1 is 1.43 bits per heavy atom. The smallest absolute Gasteiger partial charge is 0.308 e. The van der Waals surface area contributed by atoms with E-state index in [1.807, 2.05) is 6.92 Å². The third kappa shape index (κ3) is 4.47. The van der Waals surface area contributed by atoms with Gasteiger partial charge in [0.25, 0.3) is 11.5 Å². The fourth-order valence-electron chi connectivity index (χ4n) is 3.87. The van der Waals surface area contributed by atoms with Crippen molar-refractivity contribution in [1.29, 1.82) is 0 Å². The molecule has 2 aliphatic rings. The number of amidine groups is 1. The van der Waals surface area contributed by atoms with Gasteiger partial charge >= 0.3 is 6.01 Å². The van der Waals surface area contributed by atoms with Gasteiger partial charge in [-0.25, -0.2) is 14.5 Å². The Morgan fingerprint density at radius 2 is 2.23 bits per heavy atom. The number of aromatic nitrogens is 2. The summed E-state index contributed by atoms with van der Waals surface area (Å²) in [5.74, 6) is 0.792. The minimum atomic E-state index is -0.397.